The van der Waals surface area contributed by atoms with Crippen molar-refractivity contribution in [3.05, 3.63) is 93.3 Å². The van der Waals surface area contributed by atoms with Gasteiger partial charge in [-0.1, -0.05) is 53.6 Å². The molecule has 3 aromatic carbocycles. The summed E-state index contributed by atoms with van der Waals surface area (Å²) in [5.74, 6) is 0.249. The molecule has 9 heteroatoms. The van der Waals surface area contributed by atoms with Gasteiger partial charge in [-0.3, -0.25) is 0 Å². The average Bonchev–Trinajstić information content (AvgIpc) is 3.32. The van der Waals surface area contributed by atoms with Crippen LogP contribution in [-0.4, -0.2) is 28.4 Å². The summed E-state index contributed by atoms with van der Waals surface area (Å²) in [6.45, 7) is 2.48. The molecule has 0 saturated heterocycles. The Bertz CT molecular complexity index is 1350. The molecule has 4 rings (SSSR count). The van der Waals surface area contributed by atoms with Crippen LogP contribution in [0.2, 0.25) is 5.02 Å². The molecule has 1 N–H and O–H groups in total. The Labute approximate surface area is 211 Å². The summed E-state index contributed by atoms with van der Waals surface area (Å²) in [7, 11) is 1.52. The number of ether oxygens (including phenoxy) is 2. The Morgan fingerprint density at radius 3 is 2.51 bits per heavy atom. The van der Waals surface area contributed by atoms with Gasteiger partial charge in [0.15, 0.2) is 0 Å². The number of aromatic nitrogens is 2. The summed E-state index contributed by atoms with van der Waals surface area (Å²) in [5, 5.41) is 18.2. The number of methoxy groups -OCH3 is 1. The number of aryl methyl sites for hydroxylation is 1. The molecule has 0 radical (unpaired) electrons. The molecular formula is C26H21ClN2O5S. The maximum Gasteiger partial charge on any atom is 0.342 e. The SMILES string of the molecule is COc1ccc(Cl)cc1-c1nnc(S/C(=C\c2ccc(OCc3ccc(C)cc3)cc2)C(=O)O)o1. The molecule has 0 saturated carbocycles. The largest absolute Gasteiger partial charge is 0.496 e. The molecule has 0 aliphatic heterocycles. The molecule has 0 spiro atoms. The predicted octanol–water partition coefficient (Wildman–Crippen LogP) is 6.50. The number of hydrogen-bond donors (Lipinski definition) is 1. The van der Waals surface area contributed by atoms with Crippen LogP contribution in [0.4, 0.5) is 0 Å². The van der Waals surface area contributed by atoms with Crippen LogP contribution in [0.15, 0.2) is 81.3 Å². The van der Waals surface area contributed by atoms with E-state index in [0.717, 1.165) is 17.3 Å². The molecule has 4 aromatic rings. The van der Waals surface area contributed by atoms with Crippen molar-refractivity contribution in [3.63, 3.8) is 0 Å². The van der Waals surface area contributed by atoms with Gasteiger partial charge in [0.05, 0.1) is 12.7 Å². The molecule has 178 valence electrons. The summed E-state index contributed by atoms with van der Waals surface area (Å²) in [5.41, 5.74) is 3.46. The zero-order valence-electron chi connectivity index (χ0n) is 18.9. The Kier molecular flexibility index (Phi) is 7.74. The third kappa shape index (κ3) is 6.44. The van der Waals surface area contributed by atoms with E-state index in [4.69, 9.17) is 25.5 Å². The Morgan fingerprint density at radius 1 is 1.09 bits per heavy atom. The summed E-state index contributed by atoms with van der Waals surface area (Å²) >= 11 is 6.92. The first-order valence-corrected chi connectivity index (χ1v) is 11.7. The van der Waals surface area contributed by atoms with Gasteiger partial charge in [0.2, 0.25) is 0 Å². The van der Waals surface area contributed by atoms with E-state index in [1.165, 1.54) is 18.7 Å². The van der Waals surface area contributed by atoms with Crippen LogP contribution in [0.3, 0.4) is 0 Å². The van der Waals surface area contributed by atoms with E-state index in [9.17, 15) is 9.90 Å². The van der Waals surface area contributed by atoms with Gasteiger partial charge >= 0.3 is 5.97 Å². The first kappa shape index (κ1) is 24.4. The van der Waals surface area contributed by atoms with E-state index >= 15 is 0 Å². The number of aliphatic carboxylic acids is 1. The Balaban J connectivity index is 1.46. The van der Waals surface area contributed by atoms with Gasteiger partial charge in [0, 0.05) is 5.02 Å². The highest BCUT2D eigenvalue weighted by Crippen LogP contribution is 2.35. The monoisotopic (exact) mass is 508 g/mol. The number of carbonyl (C=O) groups is 1. The minimum Gasteiger partial charge on any atom is -0.496 e. The molecule has 1 aromatic heterocycles. The summed E-state index contributed by atoms with van der Waals surface area (Å²) < 4.78 is 16.8. The molecule has 35 heavy (non-hydrogen) atoms. The second-order valence-electron chi connectivity index (χ2n) is 7.48. The highest BCUT2D eigenvalue weighted by atomic mass is 35.5. The van der Waals surface area contributed by atoms with Crippen LogP contribution >= 0.6 is 23.4 Å². The van der Waals surface area contributed by atoms with E-state index in [2.05, 4.69) is 10.2 Å². The fraction of sp³-hybridized carbons (Fsp3) is 0.115. The third-order valence-corrected chi connectivity index (χ3v) is 6.00. The number of rotatable bonds is 9. The lowest BCUT2D eigenvalue weighted by molar-refractivity contribution is -0.131. The number of thioether (sulfide) groups is 1. The number of carboxylic acids is 1. The topological polar surface area (TPSA) is 94.7 Å². The summed E-state index contributed by atoms with van der Waals surface area (Å²) in [6.07, 6.45) is 1.53. The predicted molar refractivity (Wildman–Crippen MR) is 135 cm³/mol. The smallest absolute Gasteiger partial charge is 0.342 e. The first-order valence-electron chi connectivity index (χ1n) is 10.5. The second-order valence-corrected chi connectivity index (χ2v) is 8.91. The lowest BCUT2D eigenvalue weighted by atomic mass is 10.1. The molecule has 0 bridgehead atoms. The fourth-order valence-electron chi connectivity index (χ4n) is 3.10. The van der Waals surface area contributed by atoms with Gasteiger partial charge in [-0.05, 0) is 66.2 Å². The van der Waals surface area contributed by atoms with Gasteiger partial charge in [0.1, 0.15) is 23.0 Å². The lowest BCUT2D eigenvalue weighted by Gasteiger charge is -2.07. The normalized spacial score (nSPS) is 11.3. The minimum atomic E-state index is -1.12. The van der Waals surface area contributed by atoms with E-state index in [1.807, 2.05) is 31.2 Å². The van der Waals surface area contributed by atoms with E-state index in [1.54, 1.807) is 42.5 Å². The Morgan fingerprint density at radius 2 is 1.83 bits per heavy atom. The van der Waals surface area contributed by atoms with Crippen LogP contribution < -0.4 is 9.47 Å². The molecule has 0 aliphatic rings. The third-order valence-electron chi connectivity index (χ3n) is 4.91. The number of nitrogens with zero attached hydrogens (tertiary/aromatic N) is 2. The Hall–Kier alpha value is -3.75. The van der Waals surface area contributed by atoms with E-state index < -0.39 is 5.97 Å². The van der Waals surface area contributed by atoms with Crippen LogP contribution in [0.5, 0.6) is 11.5 Å². The van der Waals surface area contributed by atoms with Crippen molar-refractivity contribution in [1.82, 2.24) is 10.2 Å². The molecule has 0 fully saturated rings. The van der Waals surface area contributed by atoms with E-state index in [-0.39, 0.29) is 16.0 Å². The zero-order valence-corrected chi connectivity index (χ0v) is 20.5. The number of halogens is 1. The number of hydrogen-bond acceptors (Lipinski definition) is 7. The van der Waals surface area contributed by atoms with Crippen molar-refractivity contribution >= 4 is 35.4 Å². The average molecular weight is 509 g/mol. The van der Waals surface area contributed by atoms with Crippen molar-refractivity contribution in [2.75, 3.05) is 7.11 Å². The first-order chi connectivity index (χ1) is 16.9. The van der Waals surface area contributed by atoms with Crippen molar-refractivity contribution in [2.24, 2.45) is 0 Å². The standard InChI is InChI=1S/C26H21ClN2O5S/c1-16-3-5-18(6-4-16)15-33-20-10-7-17(8-11-20)13-23(25(30)31)35-26-29-28-24(34-26)21-14-19(27)9-12-22(21)32-2/h3-14H,15H2,1-2H3,(H,30,31)/b23-13-. The van der Waals surface area contributed by atoms with Crippen molar-refractivity contribution in [3.8, 4) is 23.0 Å². The van der Waals surface area contributed by atoms with Gasteiger partial charge < -0.3 is 19.0 Å². The second kappa shape index (κ2) is 11.1. The maximum atomic E-state index is 11.8. The van der Waals surface area contributed by atoms with Crippen molar-refractivity contribution < 1.29 is 23.8 Å². The highest BCUT2D eigenvalue weighted by molar-refractivity contribution is 8.03. The number of benzene rings is 3. The van der Waals surface area contributed by atoms with E-state index in [0.29, 0.717) is 34.3 Å². The molecular weight excluding hydrogens is 488 g/mol. The summed E-state index contributed by atoms with van der Waals surface area (Å²) in [4.78, 5) is 11.9. The lowest BCUT2D eigenvalue weighted by Crippen LogP contribution is -1.97. The van der Waals surface area contributed by atoms with Gasteiger partial charge in [-0.15, -0.1) is 10.2 Å². The van der Waals surface area contributed by atoms with Crippen LogP contribution in [0, 0.1) is 6.92 Å². The molecule has 0 atom stereocenters. The van der Waals surface area contributed by atoms with Gasteiger partial charge in [-0.25, -0.2) is 4.79 Å². The van der Waals surface area contributed by atoms with Crippen LogP contribution in [-0.2, 0) is 11.4 Å². The fourth-order valence-corrected chi connectivity index (χ4v) is 3.94. The highest BCUT2D eigenvalue weighted by Gasteiger charge is 2.18. The zero-order chi connectivity index (χ0) is 24.8. The molecule has 7 nitrogen and oxygen atoms in total. The molecule has 0 amide bonds. The summed E-state index contributed by atoms with van der Waals surface area (Å²) in [6, 6.07) is 20.3. The van der Waals surface area contributed by atoms with Crippen molar-refractivity contribution in [1.29, 1.82) is 0 Å². The molecule has 0 aliphatic carbocycles. The quantitative estimate of drug-likeness (QED) is 0.202. The van der Waals surface area contributed by atoms with Crippen molar-refractivity contribution in [2.45, 2.75) is 18.8 Å². The van der Waals surface area contributed by atoms with Gasteiger partial charge in [0.25, 0.3) is 11.1 Å². The maximum absolute atomic E-state index is 11.8. The van der Waals surface area contributed by atoms with Crippen LogP contribution in [0.25, 0.3) is 17.5 Å². The molecule has 0 unspecified atom stereocenters. The molecule has 1 heterocycles. The van der Waals surface area contributed by atoms with Gasteiger partial charge in [-0.2, -0.15) is 0 Å². The minimum absolute atomic E-state index is 0.0200. The number of carboxylic acid groups (broad SMARTS) is 1. The van der Waals surface area contributed by atoms with Crippen LogP contribution in [0.1, 0.15) is 16.7 Å².